The molecule has 0 saturated carbocycles. The number of nitrogens with one attached hydrogen (secondary N) is 1. The predicted octanol–water partition coefficient (Wildman–Crippen LogP) is 9.83. The maximum Gasteiger partial charge on any atom is 0.235 e. The lowest BCUT2D eigenvalue weighted by atomic mass is 10.0. The molecule has 0 atom stereocenters. The monoisotopic (exact) mass is 776 g/mol. The van der Waals surface area contributed by atoms with Crippen LogP contribution in [0.15, 0.2) is 95.5 Å². The molecule has 188 valence electrons. The van der Waals surface area contributed by atoms with E-state index in [2.05, 4.69) is 69.3 Å². The van der Waals surface area contributed by atoms with Crippen LogP contribution in [0.4, 0.5) is 22.7 Å². The van der Waals surface area contributed by atoms with Gasteiger partial charge in [0.05, 0.1) is 43.3 Å². The summed E-state index contributed by atoms with van der Waals surface area (Å²) in [6, 6.07) is 29.1. The molecule has 36 heavy (non-hydrogen) atoms. The highest BCUT2D eigenvalue weighted by Gasteiger charge is 2.31. The fourth-order valence-electron chi connectivity index (χ4n) is 3.10. The molecule has 0 spiro atoms. The first kappa shape index (κ1) is 29.1. The summed E-state index contributed by atoms with van der Waals surface area (Å²) in [6.45, 7) is 0. The van der Waals surface area contributed by atoms with Crippen molar-refractivity contribution in [1.82, 2.24) is 0 Å². The van der Waals surface area contributed by atoms with E-state index >= 15 is 0 Å². The lowest BCUT2D eigenvalue weighted by Crippen LogP contribution is -2.38. The Morgan fingerprint density at radius 2 is 1.25 bits per heavy atom. The van der Waals surface area contributed by atoms with Crippen LogP contribution in [0.1, 0.15) is 11.1 Å². The molecule has 0 aliphatic heterocycles. The summed E-state index contributed by atoms with van der Waals surface area (Å²) in [4.78, 5) is 0. The normalized spacial score (nSPS) is 10.8. The number of benzene rings is 4. The second-order valence-electron chi connectivity index (χ2n) is 7.65. The van der Waals surface area contributed by atoms with Gasteiger partial charge in [-0.25, -0.2) is 0 Å². The van der Waals surface area contributed by atoms with E-state index in [9.17, 15) is 0 Å². The number of nitrogens with zero attached hydrogens (tertiary/aromatic N) is 1. The molecule has 0 saturated heterocycles. The molecule has 4 nitrogen and oxygen atoms in total. The molecule has 0 aromatic heterocycles. The van der Waals surface area contributed by atoms with E-state index in [4.69, 9.17) is 34.7 Å². The Labute approximate surface area is 255 Å². The molecule has 5 N–H and O–H groups in total. The third kappa shape index (κ3) is 8.30. The van der Waals surface area contributed by atoms with Gasteiger partial charge >= 0.3 is 0 Å². The van der Waals surface area contributed by atoms with Crippen molar-refractivity contribution in [2.75, 3.05) is 20.7 Å². The SMILES string of the molecule is Brc1ccccc1N(Br)C(Br)(Br)Nc1ccccc1.Nc1ccc(Cc2ccc(N)c(Cl)c2)cc1Cl. The fourth-order valence-corrected chi connectivity index (χ4v) is 5.45. The van der Waals surface area contributed by atoms with Crippen molar-refractivity contribution in [2.24, 2.45) is 0 Å². The number of rotatable bonds is 6. The lowest BCUT2D eigenvalue weighted by molar-refractivity contribution is 1.02. The second kappa shape index (κ2) is 13.4. The number of nitrogens with two attached hydrogens (primary N) is 2. The van der Waals surface area contributed by atoms with Gasteiger partial charge in [-0.2, -0.15) is 0 Å². The van der Waals surface area contributed by atoms with Crippen LogP contribution in [0.2, 0.25) is 10.0 Å². The van der Waals surface area contributed by atoms with Crippen LogP contribution < -0.4 is 20.7 Å². The zero-order valence-corrected chi connectivity index (χ0v) is 26.6. The van der Waals surface area contributed by atoms with Gasteiger partial charge in [-0.05, 0) is 114 Å². The van der Waals surface area contributed by atoms with Crippen molar-refractivity contribution < 1.29 is 0 Å². The summed E-state index contributed by atoms with van der Waals surface area (Å²) in [7, 11) is 0. The van der Waals surface area contributed by atoms with Gasteiger partial charge in [-0.15, -0.1) is 0 Å². The first-order valence-electron chi connectivity index (χ1n) is 10.6. The van der Waals surface area contributed by atoms with Crippen LogP contribution in [-0.4, -0.2) is 3.48 Å². The topological polar surface area (TPSA) is 67.3 Å². The molecule has 0 amide bonds. The average Bonchev–Trinajstić information content (AvgIpc) is 2.84. The maximum absolute atomic E-state index is 5.97. The highest BCUT2D eigenvalue weighted by atomic mass is 79.9. The van der Waals surface area contributed by atoms with Crippen LogP contribution in [-0.2, 0) is 6.42 Å². The maximum atomic E-state index is 5.97. The fraction of sp³-hybridized carbons (Fsp3) is 0.0769. The third-order valence-corrected chi connectivity index (χ3v) is 9.21. The van der Waals surface area contributed by atoms with E-state index in [1.165, 1.54) is 0 Å². The Bertz CT molecular complexity index is 1260. The summed E-state index contributed by atoms with van der Waals surface area (Å²) >= 11 is 26.3. The smallest absolute Gasteiger partial charge is 0.235 e. The zero-order chi connectivity index (χ0) is 26.3. The molecule has 4 aromatic rings. The van der Waals surface area contributed by atoms with Crippen molar-refractivity contribution in [3.05, 3.63) is 117 Å². The standard InChI is InChI=1S/C13H10Br4N2.C13H12Cl2N2/c14-11-8-4-5-9-12(11)19(17)13(15,16)18-10-6-2-1-3-7-10;14-10-6-8(1-3-12(10)16)5-9-2-4-13(17)11(15)7-9/h1-9,18H;1-4,6-7H,5,16-17H2. The third-order valence-electron chi connectivity index (χ3n) is 4.92. The van der Waals surface area contributed by atoms with Gasteiger partial charge in [0.1, 0.15) is 0 Å². The highest BCUT2D eigenvalue weighted by Crippen LogP contribution is 2.41. The molecule has 0 aliphatic carbocycles. The van der Waals surface area contributed by atoms with Crippen LogP contribution in [0.25, 0.3) is 0 Å². The number of anilines is 4. The van der Waals surface area contributed by atoms with Gasteiger partial charge in [-0.1, -0.05) is 65.7 Å². The zero-order valence-electron chi connectivity index (χ0n) is 18.7. The molecule has 0 heterocycles. The van der Waals surface area contributed by atoms with E-state index in [1.54, 1.807) is 12.1 Å². The molecule has 10 heteroatoms. The van der Waals surface area contributed by atoms with E-state index < -0.39 is 3.48 Å². The molecule has 0 bridgehead atoms. The summed E-state index contributed by atoms with van der Waals surface area (Å²) in [6.07, 6.45) is 0.750. The van der Waals surface area contributed by atoms with Gasteiger partial charge < -0.3 is 16.8 Å². The number of alkyl halides is 2. The van der Waals surface area contributed by atoms with Gasteiger partial charge in [-0.3, -0.25) is 3.93 Å². The predicted molar refractivity (Wildman–Crippen MR) is 171 cm³/mol. The van der Waals surface area contributed by atoms with E-state index in [0.717, 1.165) is 33.4 Å². The Morgan fingerprint density at radius 1 is 0.750 bits per heavy atom. The molecule has 0 fully saturated rings. The van der Waals surface area contributed by atoms with E-state index in [1.807, 2.05) is 82.8 Å². The molecular formula is C26H22Br4Cl2N4. The molecular weight excluding hydrogens is 759 g/mol. The first-order chi connectivity index (χ1) is 17.1. The molecule has 0 radical (unpaired) electrons. The highest BCUT2D eigenvalue weighted by molar-refractivity contribution is 9.26. The van der Waals surface area contributed by atoms with Gasteiger partial charge in [0.2, 0.25) is 3.48 Å². The van der Waals surface area contributed by atoms with Crippen molar-refractivity contribution in [3.63, 3.8) is 0 Å². The molecule has 0 aliphatic rings. The lowest BCUT2D eigenvalue weighted by Gasteiger charge is -2.33. The van der Waals surface area contributed by atoms with Crippen molar-refractivity contribution >= 4 is 110 Å². The Balaban J connectivity index is 0.000000202. The first-order valence-corrected chi connectivity index (χ1v) is 14.4. The largest absolute Gasteiger partial charge is 0.398 e. The van der Waals surface area contributed by atoms with Crippen molar-refractivity contribution in [1.29, 1.82) is 0 Å². The summed E-state index contributed by atoms with van der Waals surface area (Å²) in [5.41, 5.74) is 16.6. The van der Waals surface area contributed by atoms with Crippen LogP contribution in [0, 0.1) is 0 Å². The molecule has 4 aromatic carbocycles. The second-order valence-corrected chi connectivity index (χ2v) is 13.4. The average molecular weight is 781 g/mol. The number of halogens is 6. The quantitative estimate of drug-likeness (QED) is 0.0600. The minimum absolute atomic E-state index is 0.573. The van der Waals surface area contributed by atoms with Crippen LogP contribution in [0.3, 0.4) is 0 Å². The Morgan fingerprint density at radius 3 is 1.75 bits per heavy atom. The van der Waals surface area contributed by atoms with E-state index in [0.29, 0.717) is 21.4 Å². The number of hydrogen-bond acceptors (Lipinski definition) is 4. The molecule has 4 rings (SSSR count). The van der Waals surface area contributed by atoms with Gasteiger partial charge in [0.25, 0.3) is 0 Å². The van der Waals surface area contributed by atoms with Crippen molar-refractivity contribution in [3.8, 4) is 0 Å². The summed E-state index contributed by atoms with van der Waals surface area (Å²) < 4.78 is 2.22. The van der Waals surface area contributed by atoms with Crippen LogP contribution >= 0.6 is 87.1 Å². The van der Waals surface area contributed by atoms with E-state index in [-0.39, 0.29) is 0 Å². The van der Waals surface area contributed by atoms with Crippen molar-refractivity contribution in [2.45, 2.75) is 9.90 Å². The number of hydrogen-bond donors (Lipinski definition) is 3. The van der Waals surface area contributed by atoms with Crippen LogP contribution in [0.5, 0.6) is 0 Å². The number of nitrogen functional groups attached to an aromatic ring is 2. The van der Waals surface area contributed by atoms with Gasteiger partial charge in [0.15, 0.2) is 0 Å². The number of para-hydroxylation sites is 2. The van der Waals surface area contributed by atoms with Gasteiger partial charge in [0, 0.05) is 10.2 Å². The summed E-state index contributed by atoms with van der Waals surface area (Å²) in [5, 5.41) is 4.48. The summed E-state index contributed by atoms with van der Waals surface area (Å²) in [5.74, 6) is 0. The Kier molecular flexibility index (Phi) is 10.8. The molecule has 0 unspecified atom stereocenters. The minimum Gasteiger partial charge on any atom is -0.398 e. The Hall–Kier alpha value is -1.42. The minimum atomic E-state index is -0.648.